The van der Waals surface area contributed by atoms with Crippen molar-refractivity contribution in [2.45, 2.75) is 0 Å². The van der Waals surface area contributed by atoms with Gasteiger partial charge in [0.05, 0.1) is 16.1 Å². The molecule has 0 aromatic heterocycles. The molecule has 0 heterocycles. The zero-order chi connectivity index (χ0) is 23.9. The van der Waals surface area contributed by atoms with Crippen molar-refractivity contribution in [1.29, 1.82) is 0 Å². The molecule has 5 rings (SSSR count). The Kier molecular flexibility index (Phi) is 7.50. The molecular formula is C32H27NP2. The number of hydrogen-bond acceptors (Lipinski definition) is 1. The molecular weight excluding hydrogens is 460 g/mol. The van der Waals surface area contributed by atoms with Gasteiger partial charge in [-0.2, -0.15) is 0 Å². The predicted octanol–water partition coefficient (Wildman–Crippen LogP) is 7.23. The van der Waals surface area contributed by atoms with Crippen molar-refractivity contribution in [2.24, 2.45) is 0 Å². The molecule has 0 aliphatic carbocycles. The van der Waals surface area contributed by atoms with Crippen LogP contribution >= 0.6 is 16.1 Å². The summed E-state index contributed by atoms with van der Waals surface area (Å²) in [5.41, 5.74) is 2.34. The maximum absolute atomic E-state index is 3.96. The molecule has 0 amide bonds. The highest BCUT2D eigenvalue weighted by molar-refractivity contribution is 7.90. The van der Waals surface area contributed by atoms with Crippen LogP contribution in [0.3, 0.4) is 0 Å². The van der Waals surface area contributed by atoms with Gasteiger partial charge in [0.1, 0.15) is 0 Å². The van der Waals surface area contributed by atoms with Crippen LogP contribution in [0.5, 0.6) is 0 Å². The Morgan fingerprint density at radius 1 is 0.429 bits per heavy atom. The minimum absolute atomic E-state index is 0.855. The highest BCUT2D eigenvalue weighted by Crippen LogP contribution is 2.56. The lowest BCUT2D eigenvalue weighted by molar-refractivity contribution is 1.55. The van der Waals surface area contributed by atoms with Crippen LogP contribution in [0.4, 0.5) is 5.69 Å². The van der Waals surface area contributed by atoms with Crippen molar-refractivity contribution in [3.8, 4) is 0 Å². The van der Waals surface area contributed by atoms with Crippen molar-refractivity contribution in [3.63, 3.8) is 0 Å². The fourth-order valence-electron chi connectivity index (χ4n) is 4.08. The summed E-state index contributed by atoms with van der Waals surface area (Å²) in [5.74, 6) is 0. The van der Waals surface area contributed by atoms with Crippen molar-refractivity contribution in [2.75, 3.05) is 4.44 Å². The summed E-state index contributed by atoms with van der Waals surface area (Å²) in [4.78, 5) is 0. The lowest BCUT2D eigenvalue weighted by Crippen LogP contribution is -2.31. The molecule has 0 aliphatic rings. The van der Waals surface area contributed by atoms with Crippen molar-refractivity contribution < 1.29 is 0 Å². The second-order valence-corrected chi connectivity index (χ2v) is 12.5. The summed E-state index contributed by atoms with van der Waals surface area (Å²) in [6, 6.07) is 52.6. The normalized spacial score (nSPS) is 10.9. The smallest absolute Gasteiger partial charge is 0.0590 e. The van der Waals surface area contributed by atoms with Crippen molar-refractivity contribution >= 4 is 49.1 Å². The standard InChI is InChI=1S/C32H27NP2/c1-2-27-23-25-28(26-24-27)33(34(29-15-7-3-8-16-29)30-17-9-4-10-18-30)35(31-19-11-5-12-20-31)32-21-13-6-14-22-32/h2-26H,1H2. The summed E-state index contributed by atoms with van der Waals surface area (Å²) in [6.45, 7) is 3.96. The van der Waals surface area contributed by atoms with Crippen molar-refractivity contribution in [3.05, 3.63) is 158 Å². The van der Waals surface area contributed by atoms with E-state index < -0.39 is 16.1 Å². The second-order valence-electron chi connectivity index (χ2n) is 8.05. The number of rotatable bonds is 8. The van der Waals surface area contributed by atoms with Crippen molar-refractivity contribution in [1.82, 2.24) is 0 Å². The maximum Gasteiger partial charge on any atom is 0.0590 e. The highest BCUT2D eigenvalue weighted by atomic mass is 31.2. The minimum atomic E-state index is -0.855. The van der Waals surface area contributed by atoms with Gasteiger partial charge in [-0.25, -0.2) is 0 Å². The van der Waals surface area contributed by atoms with Gasteiger partial charge in [0, 0.05) is 26.9 Å². The molecule has 35 heavy (non-hydrogen) atoms. The third-order valence-corrected chi connectivity index (χ3v) is 11.2. The maximum atomic E-state index is 3.96. The molecule has 0 fully saturated rings. The van der Waals surface area contributed by atoms with Crippen LogP contribution in [0.1, 0.15) is 5.56 Å². The zero-order valence-corrected chi connectivity index (χ0v) is 21.3. The van der Waals surface area contributed by atoms with Crippen LogP contribution in [0, 0.1) is 0 Å². The van der Waals surface area contributed by atoms with Crippen LogP contribution in [0.25, 0.3) is 6.08 Å². The first-order valence-electron chi connectivity index (χ1n) is 11.7. The van der Waals surface area contributed by atoms with Gasteiger partial charge in [-0.1, -0.05) is 146 Å². The van der Waals surface area contributed by atoms with E-state index in [9.17, 15) is 0 Å². The third-order valence-electron chi connectivity index (χ3n) is 5.74. The minimum Gasteiger partial charge on any atom is -0.313 e. The first kappa shape index (κ1) is 23.3. The van der Waals surface area contributed by atoms with E-state index in [4.69, 9.17) is 0 Å². The van der Waals surface area contributed by atoms with Crippen LogP contribution in [0.15, 0.2) is 152 Å². The van der Waals surface area contributed by atoms with Gasteiger partial charge in [-0.15, -0.1) is 0 Å². The Labute approximate surface area is 211 Å². The third kappa shape index (κ3) is 5.28. The number of hydrogen-bond donors (Lipinski definition) is 0. The Morgan fingerprint density at radius 2 is 0.743 bits per heavy atom. The monoisotopic (exact) mass is 487 g/mol. The van der Waals surface area contributed by atoms with Crippen LogP contribution < -0.4 is 25.7 Å². The topological polar surface area (TPSA) is 3.24 Å². The molecule has 5 aromatic carbocycles. The second kappa shape index (κ2) is 11.3. The summed E-state index contributed by atoms with van der Waals surface area (Å²) in [5, 5.41) is 5.34. The molecule has 0 N–H and O–H groups in total. The molecule has 3 heteroatoms. The molecule has 1 nitrogen and oxygen atoms in total. The van der Waals surface area contributed by atoms with Gasteiger partial charge in [0.15, 0.2) is 0 Å². The fourth-order valence-corrected chi connectivity index (χ4v) is 10.0. The average molecular weight is 488 g/mol. The summed E-state index contributed by atoms with van der Waals surface area (Å²) in [6.07, 6.45) is 1.91. The summed E-state index contributed by atoms with van der Waals surface area (Å²) in [7, 11) is -1.71. The van der Waals surface area contributed by atoms with Gasteiger partial charge in [-0.3, -0.25) is 0 Å². The molecule has 0 atom stereocenters. The molecule has 5 aromatic rings. The number of anilines is 1. The lowest BCUT2D eigenvalue weighted by Gasteiger charge is -2.40. The van der Waals surface area contributed by atoms with E-state index in [1.54, 1.807) is 0 Å². The first-order chi connectivity index (χ1) is 17.3. The SMILES string of the molecule is C=Cc1ccc(N(P(c2ccccc2)c2ccccc2)P(c2ccccc2)c2ccccc2)cc1. The van der Waals surface area contributed by atoms with Gasteiger partial charge in [-0.05, 0) is 17.7 Å². The van der Waals surface area contributed by atoms with E-state index in [1.807, 2.05) is 6.08 Å². The highest BCUT2D eigenvalue weighted by Gasteiger charge is 2.32. The molecule has 0 radical (unpaired) electrons. The molecule has 0 bridgehead atoms. The number of nitrogens with zero attached hydrogens (tertiary/aromatic N) is 1. The quantitative estimate of drug-likeness (QED) is 0.209. The van der Waals surface area contributed by atoms with Gasteiger partial charge < -0.3 is 4.44 Å². The summed E-state index contributed by atoms with van der Waals surface area (Å²) < 4.78 is 2.69. The molecule has 0 saturated carbocycles. The Balaban J connectivity index is 1.79. The number of benzene rings is 5. The molecule has 0 saturated heterocycles. The Bertz CT molecular complexity index is 1180. The summed E-state index contributed by atoms with van der Waals surface area (Å²) >= 11 is 0. The van der Waals surface area contributed by atoms with Gasteiger partial charge in [0.25, 0.3) is 0 Å². The van der Waals surface area contributed by atoms with E-state index in [-0.39, 0.29) is 0 Å². The molecule has 0 unspecified atom stereocenters. The predicted molar refractivity (Wildman–Crippen MR) is 157 cm³/mol. The lowest BCUT2D eigenvalue weighted by atomic mass is 10.2. The van der Waals surface area contributed by atoms with Gasteiger partial charge in [0.2, 0.25) is 0 Å². The largest absolute Gasteiger partial charge is 0.313 e. The van der Waals surface area contributed by atoms with E-state index >= 15 is 0 Å². The van der Waals surface area contributed by atoms with Gasteiger partial charge >= 0.3 is 0 Å². The molecule has 0 spiro atoms. The van der Waals surface area contributed by atoms with E-state index in [0.717, 1.165) is 5.56 Å². The Morgan fingerprint density at radius 3 is 1.03 bits per heavy atom. The molecule has 170 valence electrons. The van der Waals surface area contributed by atoms with Crippen LogP contribution in [-0.2, 0) is 0 Å². The van der Waals surface area contributed by atoms with E-state index in [0.29, 0.717) is 0 Å². The molecule has 0 aliphatic heterocycles. The van der Waals surface area contributed by atoms with E-state index in [2.05, 4.69) is 157 Å². The fraction of sp³-hybridized carbons (Fsp3) is 0. The van der Waals surface area contributed by atoms with E-state index in [1.165, 1.54) is 26.9 Å². The van der Waals surface area contributed by atoms with Crippen LogP contribution in [-0.4, -0.2) is 0 Å². The van der Waals surface area contributed by atoms with Crippen LogP contribution in [0.2, 0.25) is 0 Å². The first-order valence-corrected chi connectivity index (χ1v) is 14.3. The Hall–Kier alpha value is -3.50. The average Bonchev–Trinajstić information content (AvgIpc) is 2.95. The zero-order valence-electron chi connectivity index (χ0n) is 19.5.